The molecular formula is C16H17N7. The van der Waals surface area contributed by atoms with Gasteiger partial charge in [0.1, 0.15) is 18.0 Å². The molecule has 0 amide bonds. The maximum atomic E-state index is 4.74. The van der Waals surface area contributed by atoms with Crippen molar-refractivity contribution in [3.05, 3.63) is 47.9 Å². The first kappa shape index (κ1) is 13.8. The van der Waals surface area contributed by atoms with E-state index in [-0.39, 0.29) is 6.04 Å². The molecular weight excluding hydrogens is 290 g/mol. The van der Waals surface area contributed by atoms with Crippen LogP contribution in [0.15, 0.2) is 30.9 Å². The molecule has 7 heteroatoms. The summed E-state index contributed by atoms with van der Waals surface area (Å²) in [6, 6.07) is 3.88. The summed E-state index contributed by atoms with van der Waals surface area (Å²) in [5.41, 5.74) is 3.27. The van der Waals surface area contributed by atoms with Crippen LogP contribution in [0, 0.1) is 0 Å². The highest BCUT2D eigenvalue weighted by atomic mass is 15.2. The predicted molar refractivity (Wildman–Crippen MR) is 85.7 cm³/mol. The lowest BCUT2D eigenvalue weighted by Crippen LogP contribution is -2.13. The fourth-order valence-corrected chi connectivity index (χ4v) is 2.87. The third-order valence-electron chi connectivity index (χ3n) is 4.05. The first-order valence-corrected chi connectivity index (χ1v) is 7.73. The van der Waals surface area contributed by atoms with Crippen molar-refractivity contribution in [1.82, 2.24) is 30.1 Å². The van der Waals surface area contributed by atoms with Crippen LogP contribution in [0.4, 0.5) is 5.82 Å². The lowest BCUT2D eigenvalue weighted by molar-refractivity contribution is 0.786. The second kappa shape index (κ2) is 5.75. The summed E-state index contributed by atoms with van der Waals surface area (Å²) in [6.45, 7) is 2.04. The van der Waals surface area contributed by atoms with Crippen LogP contribution in [0.3, 0.4) is 0 Å². The van der Waals surface area contributed by atoms with Crippen molar-refractivity contribution < 1.29 is 0 Å². The molecule has 1 aliphatic carbocycles. The average Bonchev–Trinajstić information content (AvgIpc) is 3.27. The van der Waals surface area contributed by atoms with Crippen LogP contribution >= 0.6 is 0 Å². The van der Waals surface area contributed by atoms with E-state index < -0.39 is 0 Å². The molecule has 1 atom stereocenters. The second-order valence-corrected chi connectivity index (χ2v) is 5.65. The summed E-state index contributed by atoms with van der Waals surface area (Å²) in [6.07, 6.45) is 8.18. The summed E-state index contributed by atoms with van der Waals surface area (Å²) in [5.74, 6) is 2.39. The Morgan fingerprint density at radius 2 is 2.22 bits per heavy atom. The number of fused-ring (bicyclic) bond motifs is 1. The van der Waals surface area contributed by atoms with Crippen molar-refractivity contribution in [1.29, 1.82) is 0 Å². The molecule has 0 saturated heterocycles. The molecule has 3 heterocycles. The molecule has 0 spiro atoms. The average molecular weight is 307 g/mol. The third-order valence-corrected chi connectivity index (χ3v) is 4.05. The minimum atomic E-state index is -0.00107. The Labute approximate surface area is 133 Å². The summed E-state index contributed by atoms with van der Waals surface area (Å²) < 4.78 is 0. The van der Waals surface area contributed by atoms with Crippen molar-refractivity contribution in [2.45, 2.75) is 32.2 Å². The monoisotopic (exact) mass is 307 g/mol. The van der Waals surface area contributed by atoms with E-state index in [2.05, 4.69) is 25.5 Å². The van der Waals surface area contributed by atoms with Crippen molar-refractivity contribution in [2.75, 3.05) is 5.32 Å². The topological polar surface area (TPSA) is 92.3 Å². The maximum absolute atomic E-state index is 4.74. The molecule has 7 nitrogen and oxygen atoms in total. The smallest absolute Gasteiger partial charge is 0.163 e. The van der Waals surface area contributed by atoms with Gasteiger partial charge in [0.25, 0.3) is 0 Å². The first-order chi connectivity index (χ1) is 11.3. The predicted octanol–water partition coefficient (Wildman–Crippen LogP) is 2.32. The van der Waals surface area contributed by atoms with E-state index in [1.807, 2.05) is 19.1 Å². The Hall–Kier alpha value is -2.83. The molecule has 3 aromatic rings. The zero-order chi connectivity index (χ0) is 15.6. The van der Waals surface area contributed by atoms with Gasteiger partial charge >= 0.3 is 0 Å². The van der Waals surface area contributed by atoms with E-state index in [1.54, 1.807) is 12.4 Å². The van der Waals surface area contributed by atoms with Crippen LogP contribution in [0.1, 0.15) is 36.5 Å². The van der Waals surface area contributed by atoms with E-state index in [9.17, 15) is 0 Å². The normalized spacial score (nSPS) is 14.5. The van der Waals surface area contributed by atoms with Gasteiger partial charge in [0.2, 0.25) is 0 Å². The highest BCUT2D eigenvalue weighted by molar-refractivity contribution is 5.60. The number of nitrogens with zero attached hydrogens (tertiary/aromatic N) is 5. The van der Waals surface area contributed by atoms with Crippen LogP contribution in [-0.4, -0.2) is 30.1 Å². The minimum absolute atomic E-state index is 0.00107. The molecule has 3 aromatic heterocycles. The van der Waals surface area contributed by atoms with Crippen molar-refractivity contribution >= 4 is 5.82 Å². The number of rotatable bonds is 4. The Bertz CT molecular complexity index is 799. The lowest BCUT2D eigenvalue weighted by atomic mass is 10.2. The van der Waals surface area contributed by atoms with Gasteiger partial charge in [-0.15, -0.1) is 0 Å². The van der Waals surface area contributed by atoms with Gasteiger partial charge in [0.05, 0.1) is 6.04 Å². The zero-order valence-electron chi connectivity index (χ0n) is 12.8. The molecule has 1 unspecified atom stereocenters. The molecule has 0 saturated carbocycles. The molecule has 0 radical (unpaired) electrons. The van der Waals surface area contributed by atoms with Crippen molar-refractivity contribution in [2.24, 2.45) is 0 Å². The lowest BCUT2D eigenvalue weighted by Gasteiger charge is -2.16. The number of aromatic amines is 1. The number of nitrogens with one attached hydrogen (secondary N) is 2. The number of hydrogen-bond acceptors (Lipinski definition) is 6. The number of anilines is 1. The van der Waals surface area contributed by atoms with Gasteiger partial charge in [0, 0.05) is 29.2 Å². The number of hydrogen-bond donors (Lipinski definition) is 2. The van der Waals surface area contributed by atoms with E-state index in [4.69, 9.17) is 9.97 Å². The minimum Gasteiger partial charge on any atom is -0.360 e. The molecule has 1 aliphatic rings. The van der Waals surface area contributed by atoms with Gasteiger partial charge in [-0.25, -0.2) is 15.0 Å². The van der Waals surface area contributed by atoms with Crippen LogP contribution in [-0.2, 0) is 12.8 Å². The second-order valence-electron chi connectivity index (χ2n) is 5.65. The SMILES string of the molecule is CC(Nc1nc(-c2cccnc2)nc2c1CCC2)c1ncn[nH]1. The van der Waals surface area contributed by atoms with Crippen LogP contribution < -0.4 is 5.32 Å². The third kappa shape index (κ3) is 2.65. The molecule has 0 aromatic carbocycles. The Morgan fingerprint density at radius 3 is 3.00 bits per heavy atom. The number of pyridine rings is 1. The first-order valence-electron chi connectivity index (χ1n) is 7.73. The Morgan fingerprint density at radius 1 is 1.26 bits per heavy atom. The van der Waals surface area contributed by atoms with Crippen LogP contribution in [0.5, 0.6) is 0 Å². The van der Waals surface area contributed by atoms with Gasteiger partial charge in [-0.1, -0.05) is 0 Å². The fraction of sp³-hybridized carbons (Fsp3) is 0.312. The van der Waals surface area contributed by atoms with E-state index in [0.717, 1.165) is 42.2 Å². The van der Waals surface area contributed by atoms with Crippen molar-refractivity contribution in [3.8, 4) is 11.4 Å². The zero-order valence-corrected chi connectivity index (χ0v) is 12.8. The number of H-pyrrole nitrogens is 1. The summed E-state index contributed by atoms with van der Waals surface area (Å²) in [7, 11) is 0. The molecule has 2 N–H and O–H groups in total. The van der Waals surface area contributed by atoms with Gasteiger partial charge in [-0.05, 0) is 38.3 Å². The summed E-state index contributed by atoms with van der Waals surface area (Å²) in [4.78, 5) is 17.8. The Kier molecular flexibility index (Phi) is 3.45. The van der Waals surface area contributed by atoms with Crippen LogP contribution in [0.2, 0.25) is 0 Å². The Balaban J connectivity index is 1.72. The molecule has 116 valence electrons. The maximum Gasteiger partial charge on any atom is 0.163 e. The highest BCUT2D eigenvalue weighted by Crippen LogP contribution is 2.30. The standard InChI is InChI=1S/C16H17N7/c1-10(14-18-9-19-23-14)20-16-12-5-2-6-13(12)21-15(22-16)11-4-3-7-17-8-11/h3-4,7-10H,2,5-6H2,1H3,(H,18,19,23)(H,20,21,22). The van der Waals surface area contributed by atoms with E-state index in [0.29, 0.717) is 5.82 Å². The van der Waals surface area contributed by atoms with Gasteiger partial charge < -0.3 is 5.32 Å². The fourth-order valence-electron chi connectivity index (χ4n) is 2.87. The molecule has 0 aliphatic heterocycles. The quantitative estimate of drug-likeness (QED) is 0.768. The van der Waals surface area contributed by atoms with E-state index >= 15 is 0 Å². The molecule has 0 fully saturated rings. The van der Waals surface area contributed by atoms with Crippen LogP contribution in [0.25, 0.3) is 11.4 Å². The number of aromatic nitrogens is 6. The molecule has 0 bridgehead atoms. The summed E-state index contributed by atoms with van der Waals surface area (Å²) >= 11 is 0. The largest absolute Gasteiger partial charge is 0.360 e. The van der Waals surface area contributed by atoms with Gasteiger partial charge in [-0.2, -0.15) is 5.10 Å². The number of aryl methyl sites for hydroxylation is 1. The van der Waals surface area contributed by atoms with E-state index in [1.165, 1.54) is 11.9 Å². The van der Waals surface area contributed by atoms with Gasteiger partial charge in [0.15, 0.2) is 5.82 Å². The highest BCUT2D eigenvalue weighted by Gasteiger charge is 2.21. The molecule has 4 rings (SSSR count). The summed E-state index contributed by atoms with van der Waals surface area (Å²) in [5, 5.41) is 10.2. The van der Waals surface area contributed by atoms with Gasteiger partial charge in [-0.3, -0.25) is 10.1 Å². The molecule has 23 heavy (non-hydrogen) atoms. The van der Waals surface area contributed by atoms with Crippen molar-refractivity contribution in [3.63, 3.8) is 0 Å².